The largest absolute Gasteiger partial charge is 0.295 e. The molecule has 0 spiro atoms. The predicted octanol–water partition coefficient (Wildman–Crippen LogP) is 4.05. The zero-order valence-corrected chi connectivity index (χ0v) is 12.0. The molecular formula is C18H21N. The summed E-state index contributed by atoms with van der Waals surface area (Å²) in [7, 11) is 2.18. The van der Waals surface area contributed by atoms with Crippen LogP contribution in [-0.2, 0) is 6.42 Å². The third kappa shape index (κ3) is 2.80. The molecule has 0 saturated heterocycles. The van der Waals surface area contributed by atoms with Crippen molar-refractivity contribution < 1.29 is 0 Å². The third-order valence-electron chi connectivity index (χ3n) is 3.49. The van der Waals surface area contributed by atoms with Crippen LogP contribution in [0.1, 0.15) is 31.0 Å². The molecule has 1 atom stereocenters. The van der Waals surface area contributed by atoms with Crippen LogP contribution in [-0.4, -0.2) is 18.5 Å². The first-order valence-electron chi connectivity index (χ1n) is 7.02. The van der Waals surface area contributed by atoms with Gasteiger partial charge in [0.1, 0.15) is 0 Å². The second kappa shape index (κ2) is 6.41. The Balaban J connectivity index is 0.000000637. The van der Waals surface area contributed by atoms with E-state index in [1.165, 1.54) is 16.7 Å². The van der Waals surface area contributed by atoms with Gasteiger partial charge >= 0.3 is 0 Å². The standard InChI is InChI=1S/C16H15N.C2H6/c1-17-12-11-13-7-5-6-10-15(13)16(17)14-8-3-2-4-9-14;1-2/h2-3,5-8,10,16H,11-12H2,1H3;1-2H3. The summed E-state index contributed by atoms with van der Waals surface area (Å²) in [6.45, 7) is 5.10. The molecule has 0 aromatic heterocycles. The molecule has 1 nitrogen and oxygen atoms in total. The van der Waals surface area contributed by atoms with Crippen LogP contribution in [0.2, 0.25) is 0 Å². The Morgan fingerprint density at radius 1 is 1.21 bits per heavy atom. The fourth-order valence-electron chi connectivity index (χ4n) is 2.62. The predicted molar refractivity (Wildman–Crippen MR) is 81.1 cm³/mol. The summed E-state index contributed by atoms with van der Waals surface area (Å²) < 4.78 is 0. The second-order valence-corrected chi connectivity index (χ2v) is 4.58. The van der Waals surface area contributed by atoms with Gasteiger partial charge in [-0.05, 0) is 36.7 Å². The van der Waals surface area contributed by atoms with E-state index >= 15 is 0 Å². The van der Waals surface area contributed by atoms with Crippen molar-refractivity contribution in [2.24, 2.45) is 0 Å². The summed E-state index contributed by atoms with van der Waals surface area (Å²) in [4.78, 5) is 2.39. The van der Waals surface area contributed by atoms with Gasteiger partial charge in [-0.3, -0.25) is 4.90 Å². The summed E-state index contributed by atoms with van der Waals surface area (Å²) in [6.07, 6.45) is 7.22. The van der Waals surface area contributed by atoms with E-state index in [9.17, 15) is 0 Å². The number of fused-ring (bicyclic) bond motifs is 1. The van der Waals surface area contributed by atoms with Crippen molar-refractivity contribution in [3.63, 3.8) is 0 Å². The van der Waals surface area contributed by atoms with Crippen molar-refractivity contribution in [2.75, 3.05) is 13.6 Å². The van der Waals surface area contributed by atoms with Crippen LogP contribution in [0.3, 0.4) is 0 Å². The first-order chi connectivity index (χ1) is 9.36. The number of hydrogen-bond acceptors (Lipinski definition) is 1. The van der Waals surface area contributed by atoms with Crippen LogP contribution in [0, 0.1) is 0 Å². The molecule has 19 heavy (non-hydrogen) atoms. The molecule has 1 aromatic rings. The van der Waals surface area contributed by atoms with Gasteiger partial charge in [-0.1, -0.05) is 55.7 Å². The lowest BCUT2D eigenvalue weighted by Crippen LogP contribution is -2.32. The molecule has 1 heterocycles. The second-order valence-electron chi connectivity index (χ2n) is 4.58. The summed E-state index contributed by atoms with van der Waals surface area (Å²) in [5.74, 6) is 0. The molecule has 98 valence electrons. The lowest BCUT2D eigenvalue weighted by atomic mass is 9.88. The Morgan fingerprint density at radius 2 is 2.00 bits per heavy atom. The molecular weight excluding hydrogens is 230 g/mol. The Bertz CT molecular complexity index is 567. The quantitative estimate of drug-likeness (QED) is 0.681. The van der Waals surface area contributed by atoms with E-state index < -0.39 is 0 Å². The smallest absolute Gasteiger partial charge is 0.0682 e. The molecule has 1 unspecified atom stereocenters. The molecule has 1 aliphatic carbocycles. The van der Waals surface area contributed by atoms with Crippen LogP contribution < -0.4 is 0 Å². The topological polar surface area (TPSA) is 3.24 Å². The average Bonchev–Trinajstić information content (AvgIpc) is 2.50. The summed E-state index contributed by atoms with van der Waals surface area (Å²) >= 11 is 0. The van der Waals surface area contributed by atoms with Gasteiger partial charge in [-0.15, -0.1) is 0 Å². The zero-order valence-electron chi connectivity index (χ0n) is 12.0. The first kappa shape index (κ1) is 13.6. The van der Waals surface area contributed by atoms with E-state index in [-0.39, 0.29) is 0 Å². The first-order valence-corrected chi connectivity index (χ1v) is 7.02. The van der Waals surface area contributed by atoms with Crippen molar-refractivity contribution in [2.45, 2.75) is 26.3 Å². The van der Waals surface area contributed by atoms with Crippen molar-refractivity contribution in [1.82, 2.24) is 4.90 Å². The number of nitrogens with zero attached hydrogens (tertiary/aromatic N) is 1. The van der Waals surface area contributed by atoms with Crippen LogP contribution in [0.5, 0.6) is 0 Å². The van der Waals surface area contributed by atoms with E-state index in [1.54, 1.807) is 0 Å². The highest BCUT2D eigenvalue weighted by molar-refractivity contribution is 5.42. The minimum Gasteiger partial charge on any atom is -0.295 e. The minimum absolute atomic E-state index is 0.331. The summed E-state index contributed by atoms with van der Waals surface area (Å²) in [5.41, 5.74) is 10.4. The zero-order chi connectivity index (χ0) is 13.7. The highest BCUT2D eigenvalue weighted by Gasteiger charge is 2.26. The molecule has 2 aliphatic rings. The average molecular weight is 251 g/mol. The van der Waals surface area contributed by atoms with Crippen LogP contribution in [0.15, 0.2) is 59.5 Å². The molecule has 1 aromatic carbocycles. The van der Waals surface area contributed by atoms with Crippen molar-refractivity contribution in [1.29, 1.82) is 0 Å². The summed E-state index contributed by atoms with van der Waals surface area (Å²) in [6, 6.07) is 9.05. The molecule has 1 heteroatoms. The Morgan fingerprint density at radius 3 is 2.74 bits per heavy atom. The Labute approximate surface area is 116 Å². The Hall–Kier alpha value is -1.78. The third-order valence-corrected chi connectivity index (χ3v) is 3.49. The highest BCUT2D eigenvalue weighted by Crippen LogP contribution is 2.34. The normalized spacial score (nSPS) is 20.4. The molecule has 0 radical (unpaired) electrons. The maximum absolute atomic E-state index is 3.24. The molecule has 1 aliphatic heterocycles. The highest BCUT2D eigenvalue weighted by atomic mass is 15.1. The molecule has 0 fully saturated rings. The van der Waals surface area contributed by atoms with Gasteiger partial charge in [0, 0.05) is 12.1 Å². The lowest BCUT2D eigenvalue weighted by molar-refractivity contribution is 0.264. The fraction of sp³-hybridized carbons (Fsp3) is 0.333. The molecule has 0 saturated carbocycles. The number of likely N-dealkylation sites (N-methyl/N-ethyl adjacent to an activating group) is 1. The molecule has 0 N–H and O–H groups in total. The van der Waals surface area contributed by atoms with Gasteiger partial charge in [-0.25, -0.2) is 0 Å². The number of hydrogen-bond donors (Lipinski definition) is 0. The van der Waals surface area contributed by atoms with Gasteiger partial charge in [0.05, 0.1) is 6.04 Å². The maximum Gasteiger partial charge on any atom is 0.0682 e. The van der Waals surface area contributed by atoms with E-state index in [1.807, 2.05) is 26.0 Å². The minimum atomic E-state index is 0.331. The van der Waals surface area contributed by atoms with Gasteiger partial charge in [0.15, 0.2) is 0 Å². The molecule has 0 bridgehead atoms. The number of benzene rings is 1. The van der Waals surface area contributed by atoms with Crippen LogP contribution in [0.25, 0.3) is 0 Å². The van der Waals surface area contributed by atoms with Crippen molar-refractivity contribution >= 4 is 0 Å². The van der Waals surface area contributed by atoms with Crippen molar-refractivity contribution in [3.05, 3.63) is 70.7 Å². The van der Waals surface area contributed by atoms with Gasteiger partial charge in [0.2, 0.25) is 0 Å². The monoisotopic (exact) mass is 251 g/mol. The number of allylic oxidation sites excluding steroid dienone is 2. The Kier molecular flexibility index (Phi) is 4.60. The van der Waals surface area contributed by atoms with Gasteiger partial charge in [0.25, 0.3) is 0 Å². The maximum atomic E-state index is 3.24. The summed E-state index contributed by atoms with van der Waals surface area (Å²) in [5, 5.41) is 0. The van der Waals surface area contributed by atoms with Crippen LogP contribution >= 0.6 is 0 Å². The van der Waals surface area contributed by atoms with Gasteiger partial charge in [-0.2, -0.15) is 0 Å². The molecule has 0 amide bonds. The SMILES string of the molecule is CC.CN1CCc2ccccc2C1C1=C=C=CC=C1. The van der Waals surface area contributed by atoms with E-state index in [2.05, 4.69) is 53.8 Å². The molecule has 3 rings (SSSR count). The van der Waals surface area contributed by atoms with Crippen molar-refractivity contribution in [3.8, 4) is 0 Å². The van der Waals surface area contributed by atoms with Gasteiger partial charge < -0.3 is 0 Å². The lowest BCUT2D eigenvalue weighted by Gasteiger charge is -2.34. The van der Waals surface area contributed by atoms with Crippen LogP contribution in [0.4, 0.5) is 0 Å². The van der Waals surface area contributed by atoms with E-state index in [0.29, 0.717) is 6.04 Å². The fourth-order valence-corrected chi connectivity index (χ4v) is 2.62. The number of rotatable bonds is 1. The van der Waals surface area contributed by atoms with E-state index in [0.717, 1.165) is 13.0 Å². The van der Waals surface area contributed by atoms with E-state index in [4.69, 9.17) is 0 Å².